The summed E-state index contributed by atoms with van der Waals surface area (Å²) < 4.78 is 51.8. The van der Waals surface area contributed by atoms with Gasteiger partial charge in [0.1, 0.15) is 11.4 Å². The summed E-state index contributed by atoms with van der Waals surface area (Å²) >= 11 is 0. The second kappa shape index (κ2) is 8.03. The summed E-state index contributed by atoms with van der Waals surface area (Å²) in [4.78, 5) is 37.9. The van der Waals surface area contributed by atoms with Crippen molar-refractivity contribution in [3.05, 3.63) is 29.6 Å². The van der Waals surface area contributed by atoms with Crippen LogP contribution in [0.1, 0.15) is 32.8 Å². The van der Waals surface area contributed by atoms with Gasteiger partial charge in [0.2, 0.25) is 5.91 Å². The minimum Gasteiger partial charge on any atom is -0.444 e. The number of hydrogen-bond acceptors (Lipinski definition) is 5. The summed E-state index contributed by atoms with van der Waals surface area (Å²) in [7, 11) is 1.54. The maximum absolute atomic E-state index is 15.2. The third kappa shape index (κ3) is 4.31. The van der Waals surface area contributed by atoms with E-state index in [-0.39, 0.29) is 36.3 Å². The van der Waals surface area contributed by atoms with Crippen LogP contribution in [0.5, 0.6) is 0 Å². The van der Waals surface area contributed by atoms with Crippen LogP contribution in [-0.2, 0) is 16.6 Å². The molecule has 2 aromatic rings. The van der Waals surface area contributed by atoms with Gasteiger partial charge in [-0.1, -0.05) is 6.08 Å². The third-order valence-corrected chi connectivity index (χ3v) is 5.47. The molecule has 12 heteroatoms. The zero-order valence-corrected chi connectivity index (χ0v) is 19.1. The van der Waals surface area contributed by atoms with Gasteiger partial charge in [-0.2, -0.15) is 13.9 Å². The van der Waals surface area contributed by atoms with Gasteiger partial charge in [-0.15, -0.1) is 0 Å². The molecule has 3 heterocycles. The number of urea groups is 1. The Bertz CT molecular complexity index is 1230. The molecular weight excluding hydrogens is 455 g/mol. The summed E-state index contributed by atoms with van der Waals surface area (Å²) in [6.45, 7) is 3.83. The van der Waals surface area contributed by atoms with Gasteiger partial charge in [-0.25, -0.2) is 14.0 Å². The lowest BCUT2D eigenvalue weighted by molar-refractivity contribution is -0.120. The zero-order valence-electron chi connectivity index (χ0n) is 19.1. The number of benzene rings is 1. The van der Waals surface area contributed by atoms with E-state index in [2.05, 4.69) is 10.4 Å². The molecule has 9 nitrogen and oxygen atoms in total. The molecular formula is C22H24F3N5O4. The molecule has 182 valence electrons. The molecule has 1 fully saturated rings. The van der Waals surface area contributed by atoms with Crippen LogP contribution in [0.2, 0.25) is 0 Å². The highest BCUT2D eigenvalue weighted by Gasteiger charge is 2.43. The van der Waals surface area contributed by atoms with Gasteiger partial charge in [0.05, 0.1) is 12.1 Å². The largest absolute Gasteiger partial charge is 0.444 e. The van der Waals surface area contributed by atoms with E-state index in [1.807, 2.05) is 0 Å². The first-order chi connectivity index (χ1) is 15.8. The molecule has 0 spiro atoms. The summed E-state index contributed by atoms with van der Waals surface area (Å²) in [6.07, 6.45) is 0.281. The quantitative estimate of drug-likeness (QED) is 0.712. The normalized spacial score (nSPS) is 18.7. The molecule has 1 saturated heterocycles. The van der Waals surface area contributed by atoms with Gasteiger partial charge in [0.25, 0.3) is 5.92 Å². The summed E-state index contributed by atoms with van der Waals surface area (Å²) in [5.41, 5.74) is -1.39. The Morgan fingerprint density at radius 1 is 1.24 bits per heavy atom. The number of rotatable bonds is 2. The van der Waals surface area contributed by atoms with Crippen molar-refractivity contribution in [3.8, 4) is 0 Å². The molecule has 0 bridgehead atoms. The Morgan fingerprint density at radius 2 is 1.94 bits per heavy atom. The number of nitrogens with one attached hydrogen (secondary N) is 1. The highest BCUT2D eigenvalue weighted by atomic mass is 19.3. The van der Waals surface area contributed by atoms with Crippen molar-refractivity contribution in [1.29, 1.82) is 0 Å². The second-order valence-electron chi connectivity index (χ2n) is 9.23. The Labute approximate surface area is 193 Å². The molecule has 2 aliphatic rings. The number of alkyl halides is 2. The third-order valence-electron chi connectivity index (χ3n) is 5.47. The number of aromatic nitrogens is 2. The number of carbonyl (C=O) groups is 3. The van der Waals surface area contributed by atoms with Crippen molar-refractivity contribution in [2.75, 3.05) is 24.5 Å². The molecule has 2 aliphatic heterocycles. The van der Waals surface area contributed by atoms with Gasteiger partial charge in [0.15, 0.2) is 5.82 Å². The number of aryl methyl sites for hydroxylation is 1. The Balaban J connectivity index is 1.69. The number of amides is 4. The fourth-order valence-electron chi connectivity index (χ4n) is 3.94. The van der Waals surface area contributed by atoms with Crippen LogP contribution in [0.25, 0.3) is 16.5 Å². The lowest BCUT2D eigenvalue weighted by Crippen LogP contribution is -2.49. The average Bonchev–Trinajstić information content (AvgIpc) is 3.01. The van der Waals surface area contributed by atoms with E-state index in [9.17, 15) is 14.4 Å². The van der Waals surface area contributed by atoms with Crippen LogP contribution < -0.4 is 10.2 Å². The molecule has 0 unspecified atom stereocenters. The van der Waals surface area contributed by atoms with Crippen LogP contribution in [0.4, 0.5) is 28.6 Å². The molecule has 1 aromatic heterocycles. The average molecular weight is 479 g/mol. The fraction of sp³-hybridized carbons (Fsp3) is 0.455. The minimum atomic E-state index is -3.53. The van der Waals surface area contributed by atoms with Crippen LogP contribution >= 0.6 is 0 Å². The minimum absolute atomic E-state index is 0.0532. The summed E-state index contributed by atoms with van der Waals surface area (Å²) in [5, 5.41) is 6.66. The van der Waals surface area contributed by atoms with Crippen molar-refractivity contribution in [2.24, 2.45) is 7.05 Å². The van der Waals surface area contributed by atoms with Gasteiger partial charge >= 0.3 is 12.1 Å². The highest BCUT2D eigenvalue weighted by molar-refractivity contribution is 6.09. The van der Waals surface area contributed by atoms with Gasteiger partial charge in [0, 0.05) is 43.1 Å². The van der Waals surface area contributed by atoms with E-state index in [1.54, 1.807) is 20.8 Å². The van der Waals surface area contributed by atoms with E-state index >= 15 is 13.2 Å². The fourth-order valence-corrected chi connectivity index (χ4v) is 3.94. The number of fused-ring (bicyclic) bond motifs is 1. The van der Waals surface area contributed by atoms with Crippen molar-refractivity contribution >= 4 is 40.3 Å². The van der Waals surface area contributed by atoms with E-state index in [1.165, 1.54) is 22.7 Å². The Kier molecular flexibility index (Phi) is 5.57. The lowest BCUT2D eigenvalue weighted by atomic mass is 9.94. The van der Waals surface area contributed by atoms with Crippen molar-refractivity contribution < 1.29 is 32.3 Å². The van der Waals surface area contributed by atoms with Crippen molar-refractivity contribution in [2.45, 2.75) is 38.7 Å². The molecule has 0 saturated carbocycles. The van der Waals surface area contributed by atoms with Crippen LogP contribution in [0.3, 0.4) is 0 Å². The first kappa shape index (κ1) is 23.6. The molecule has 1 N–H and O–H groups in total. The lowest BCUT2D eigenvalue weighted by Gasteiger charge is -2.34. The number of ether oxygens (including phenoxy) is 1. The highest BCUT2D eigenvalue weighted by Crippen LogP contribution is 2.40. The van der Waals surface area contributed by atoms with Gasteiger partial charge < -0.3 is 4.74 Å². The van der Waals surface area contributed by atoms with E-state index in [0.717, 1.165) is 17.0 Å². The Morgan fingerprint density at radius 3 is 2.56 bits per heavy atom. The summed E-state index contributed by atoms with van der Waals surface area (Å²) in [6, 6.07) is 1.61. The SMILES string of the molecule is Cn1nc(N2CCC(=O)NC2=O)c2cc(F)c(C3=CCN(C(=O)OC(C)(C)C)CC3(F)F)cc21. The molecule has 34 heavy (non-hydrogen) atoms. The molecule has 4 amide bonds. The zero-order chi connectivity index (χ0) is 25.0. The maximum atomic E-state index is 15.2. The first-order valence-electron chi connectivity index (χ1n) is 10.6. The number of carbonyl (C=O) groups excluding carboxylic acids is 3. The van der Waals surface area contributed by atoms with Crippen LogP contribution in [0, 0.1) is 5.82 Å². The molecule has 0 atom stereocenters. The molecule has 0 radical (unpaired) electrons. The van der Waals surface area contributed by atoms with Crippen molar-refractivity contribution in [3.63, 3.8) is 0 Å². The van der Waals surface area contributed by atoms with Gasteiger partial charge in [-0.3, -0.25) is 24.6 Å². The molecule has 0 aliphatic carbocycles. The smallest absolute Gasteiger partial charge is 0.410 e. The number of anilines is 1. The predicted octanol–water partition coefficient (Wildman–Crippen LogP) is 3.43. The first-order valence-corrected chi connectivity index (χ1v) is 10.6. The molecule has 1 aromatic carbocycles. The van der Waals surface area contributed by atoms with Crippen LogP contribution in [-0.4, -0.2) is 63.9 Å². The second-order valence-corrected chi connectivity index (χ2v) is 9.23. The van der Waals surface area contributed by atoms with Crippen LogP contribution in [0.15, 0.2) is 18.2 Å². The summed E-state index contributed by atoms with van der Waals surface area (Å²) in [5.74, 6) is -4.76. The maximum Gasteiger partial charge on any atom is 0.410 e. The number of imide groups is 1. The van der Waals surface area contributed by atoms with Crippen molar-refractivity contribution in [1.82, 2.24) is 20.0 Å². The monoisotopic (exact) mass is 479 g/mol. The van der Waals surface area contributed by atoms with E-state index in [0.29, 0.717) is 5.52 Å². The Hall–Kier alpha value is -3.57. The van der Waals surface area contributed by atoms with Gasteiger partial charge in [-0.05, 0) is 32.9 Å². The number of nitrogens with zero attached hydrogens (tertiary/aromatic N) is 4. The van der Waals surface area contributed by atoms with E-state index in [4.69, 9.17) is 4.74 Å². The standard InChI is InChI=1S/C22H24F3N5O4/c1-21(2,3)34-20(33)29-7-5-14(22(24,25)11-29)12-10-16-13(9-15(12)23)18(27-28(16)4)30-8-6-17(31)26-19(30)32/h5,9-10H,6-8,11H2,1-4H3,(H,26,31,32). The number of halogens is 3. The number of hydrogen-bond donors (Lipinski definition) is 1. The topological polar surface area (TPSA) is 96.8 Å². The molecule has 4 rings (SSSR count). The predicted molar refractivity (Wildman–Crippen MR) is 117 cm³/mol. The van der Waals surface area contributed by atoms with E-state index < -0.39 is 47.5 Å².